The fourth-order valence-corrected chi connectivity index (χ4v) is 2.30. The SMILES string of the molecule is CCc1ccc2nc(C)cc(C(=O)NC3CC3)c2c1. The van der Waals surface area contributed by atoms with Crippen LogP contribution in [0.2, 0.25) is 0 Å². The fraction of sp³-hybridized carbons (Fsp3) is 0.375. The molecule has 1 heterocycles. The second-order valence-corrected chi connectivity index (χ2v) is 5.26. The number of hydrogen-bond donors (Lipinski definition) is 1. The summed E-state index contributed by atoms with van der Waals surface area (Å²) >= 11 is 0. The van der Waals surface area contributed by atoms with Crippen LogP contribution in [-0.4, -0.2) is 16.9 Å². The highest BCUT2D eigenvalue weighted by Gasteiger charge is 2.24. The first-order valence-electron chi connectivity index (χ1n) is 6.88. The molecule has 1 N–H and O–H groups in total. The lowest BCUT2D eigenvalue weighted by molar-refractivity contribution is 0.0952. The van der Waals surface area contributed by atoms with E-state index in [0.29, 0.717) is 6.04 Å². The fourth-order valence-electron chi connectivity index (χ4n) is 2.30. The first-order valence-corrected chi connectivity index (χ1v) is 6.88. The van der Waals surface area contributed by atoms with E-state index in [4.69, 9.17) is 0 Å². The molecule has 3 nitrogen and oxygen atoms in total. The second-order valence-electron chi connectivity index (χ2n) is 5.26. The molecule has 0 spiro atoms. The second kappa shape index (κ2) is 4.65. The minimum absolute atomic E-state index is 0.0336. The maximum atomic E-state index is 12.3. The van der Waals surface area contributed by atoms with Gasteiger partial charge in [-0.05, 0) is 49.9 Å². The maximum absolute atomic E-state index is 12.3. The van der Waals surface area contributed by atoms with E-state index in [0.717, 1.165) is 41.4 Å². The van der Waals surface area contributed by atoms with Crippen LogP contribution in [0.1, 0.15) is 41.4 Å². The molecule has 1 saturated carbocycles. The Hall–Kier alpha value is -1.90. The van der Waals surface area contributed by atoms with Gasteiger partial charge in [-0.15, -0.1) is 0 Å². The van der Waals surface area contributed by atoms with Crippen molar-refractivity contribution >= 4 is 16.8 Å². The average Bonchev–Trinajstić information content (AvgIpc) is 3.21. The van der Waals surface area contributed by atoms with E-state index in [1.54, 1.807) is 0 Å². The standard InChI is InChI=1S/C16H18N2O/c1-3-11-4-7-15-13(9-11)14(8-10(2)17-15)16(19)18-12-5-6-12/h4,7-9,12H,3,5-6H2,1-2H3,(H,18,19). The quantitative estimate of drug-likeness (QED) is 0.915. The van der Waals surface area contributed by atoms with Gasteiger partial charge in [-0.2, -0.15) is 0 Å². The van der Waals surface area contributed by atoms with Crippen LogP contribution in [0.25, 0.3) is 10.9 Å². The van der Waals surface area contributed by atoms with Crippen LogP contribution in [0.4, 0.5) is 0 Å². The molecule has 1 aliphatic carbocycles. The van der Waals surface area contributed by atoms with Crippen molar-refractivity contribution < 1.29 is 4.79 Å². The number of fused-ring (bicyclic) bond motifs is 1. The third-order valence-electron chi connectivity index (χ3n) is 3.57. The number of nitrogens with one attached hydrogen (secondary N) is 1. The number of benzene rings is 1. The highest BCUT2D eigenvalue weighted by molar-refractivity contribution is 6.06. The minimum Gasteiger partial charge on any atom is -0.349 e. The summed E-state index contributed by atoms with van der Waals surface area (Å²) in [6.07, 6.45) is 3.18. The molecule has 1 aromatic heterocycles. The number of rotatable bonds is 3. The molecule has 1 aromatic carbocycles. The Morgan fingerprint density at radius 1 is 1.37 bits per heavy atom. The van der Waals surface area contributed by atoms with Gasteiger partial charge in [0.25, 0.3) is 5.91 Å². The van der Waals surface area contributed by atoms with Crippen molar-refractivity contribution in [2.24, 2.45) is 0 Å². The Morgan fingerprint density at radius 2 is 2.16 bits per heavy atom. The predicted molar refractivity (Wildman–Crippen MR) is 76.3 cm³/mol. The number of nitrogens with zero attached hydrogens (tertiary/aromatic N) is 1. The first kappa shape index (κ1) is 12.2. The Labute approximate surface area is 113 Å². The third kappa shape index (κ3) is 2.46. The van der Waals surface area contributed by atoms with E-state index in [-0.39, 0.29) is 5.91 Å². The zero-order valence-corrected chi connectivity index (χ0v) is 11.4. The van der Waals surface area contributed by atoms with Crippen LogP contribution in [0.3, 0.4) is 0 Å². The molecule has 0 aliphatic heterocycles. The van der Waals surface area contributed by atoms with Gasteiger partial charge < -0.3 is 5.32 Å². The van der Waals surface area contributed by atoms with Gasteiger partial charge in [0.05, 0.1) is 11.1 Å². The minimum atomic E-state index is 0.0336. The van der Waals surface area contributed by atoms with E-state index in [9.17, 15) is 4.79 Å². The molecule has 2 aromatic rings. The first-order chi connectivity index (χ1) is 9.17. The lowest BCUT2D eigenvalue weighted by Crippen LogP contribution is -2.25. The van der Waals surface area contributed by atoms with Crippen molar-refractivity contribution in [2.45, 2.75) is 39.2 Å². The van der Waals surface area contributed by atoms with Gasteiger partial charge in [0.1, 0.15) is 0 Å². The van der Waals surface area contributed by atoms with Crippen LogP contribution in [-0.2, 0) is 6.42 Å². The summed E-state index contributed by atoms with van der Waals surface area (Å²) in [5, 5.41) is 4.02. The lowest BCUT2D eigenvalue weighted by atomic mass is 10.0. The van der Waals surface area contributed by atoms with Crippen LogP contribution < -0.4 is 5.32 Å². The predicted octanol–water partition coefficient (Wildman–Crippen LogP) is 3.00. The molecule has 0 radical (unpaired) electrons. The Balaban J connectivity index is 2.11. The van der Waals surface area contributed by atoms with Crippen molar-refractivity contribution in [1.82, 2.24) is 10.3 Å². The molecule has 1 aliphatic rings. The summed E-state index contributed by atoms with van der Waals surface area (Å²) in [6.45, 7) is 4.05. The highest BCUT2D eigenvalue weighted by Crippen LogP contribution is 2.23. The monoisotopic (exact) mass is 254 g/mol. The Morgan fingerprint density at radius 3 is 2.84 bits per heavy atom. The van der Waals surface area contributed by atoms with Gasteiger partial charge >= 0.3 is 0 Å². The molecule has 0 bridgehead atoms. The van der Waals surface area contributed by atoms with Gasteiger partial charge in [0.2, 0.25) is 0 Å². The van der Waals surface area contributed by atoms with Crippen molar-refractivity contribution in [2.75, 3.05) is 0 Å². The number of hydrogen-bond acceptors (Lipinski definition) is 2. The van der Waals surface area contributed by atoms with E-state index in [2.05, 4.69) is 29.4 Å². The molecular weight excluding hydrogens is 236 g/mol. The topological polar surface area (TPSA) is 42.0 Å². The number of aromatic nitrogens is 1. The summed E-state index contributed by atoms with van der Waals surface area (Å²) in [5.74, 6) is 0.0336. The summed E-state index contributed by atoms with van der Waals surface area (Å²) in [5.41, 5.74) is 3.78. The zero-order chi connectivity index (χ0) is 13.4. The zero-order valence-electron chi connectivity index (χ0n) is 11.4. The van der Waals surface area contributed by atoms with Crippen molar-refractivity contribution in [3.63, 3.8) is 0 Å². The lowest BCUT2D eigenvalue weighted by Gasteiger charge is -2.09. The van der Waals surface area contributed by atoms with Crippen LogP contribution >= 0.6 is 0 Å². The van der Waals surface area contributed by atoms with E-state index in [1.807, 2.05) is 19.1 Å². The molecule has 1 amide bonds. The van der Waals surface area contributed by atoms with Gasteiger partial charge in [0.15, 0.2) is 0 Å². The number of carbonyl (C=O) groups excluding carboxylic acids is 1. The number of amides is 1. The normalized spacial score (nSPS) is 14.6. The van der Waals surface area contributed by atoms with Gasteiger partial charge in [-0.25, -0.2) is 0 Å². The molecule has 0 atom stereocenters. The molecule has 3 heteroatoms. The van der Waals surface area contributed by atoms with Crippen LogP contribution in [0.5, 0.6) is 0 Å². The third-order valence-corrected chi connectivity index (χ3v) is 3.57. The molecule has 19 heavy (non-hydrogen) atoms. The van der Waals surface area contributed by atoms with Crippen molar-refractivity contribution in [3.8, 4) is 0 Å². The number of aryl methyl sites for hydroxylation is 2. The van der Waals surface area contributed by atoms with E-state index < -0.39 is 0 Å². The molecule has 0 unspecified atom stereocenters. The summed E-state index contributed by atoms with van der Waals surface area (Å²) in [7, 11) is 0. The average molecular weight is 254 g/mol. The highest BCUT2D eigenvalue weighted by atomic mass is 16.1. The van der Waals surface area contributed by atoms with E-state index >= 15 is 0 Å². The van der Waals surface area contributed by atoms with Gasteiger partial charge in [-0.3, -0.25) is 9.78 Å². The molecule has 0 saturated heterocycles. The summed E-state index contributed by atoms with van der Waals surface area (Å²) < 4.78 is 0. The Bertz CT molecular complexity index is 644. The van der Waals surface area contributed by atoms with E-state index in [1.165, 1.54) is 5.56 Å². The molecule has 3 rings (SSSR count). The van der Waals surface area contributed by atoms with Crippen molar-refractivity contribution in [1.29, 1.82) is 0 Å². The smallest absolute Gasteiger partial charge is 0.252 e. The Kier molecular flexibility index (Phi) is 2.97. The summed E-state index contributed by atoms with van der Waals surface area (Å²) in [4.78, 5) is 16.8. The molecule has 98 valence electrons. The maximum Gasteiger partial charge on any atom is 0.252 e. The number of pyridine rings is 1. The largest absolute Gasteiger partial charge is 0.349 e. The van der Waals surface area contributed by atoms with Gasteiger partial charge in [0, 0.05) is 17.1 Å². The molecule has 1 fully saturated rings. The van der Waals surface area contributed by atoms with Crippen LogP contribution in [0.15, 0.2) is 24.3 Å². The molecular formula is C16H18N2O. The van der Waals surface area contributed by atoms with Gasteiger partial charge in [-0.1, -0.05) is 13.0 Å². The van der Waals surface area contributed by atoms with Crippen molar-refractivity contribution in [3.05, 3.63) is 41.1 Å². The van der Waals surface area contributed by atoms with Crippen LogP contribution in [0, 0.1) is 6.92 Å². The number of carbonyl (C=O) groups is 1. The summed E-state index contributed by atoms with van der Waals surface area (Å²) in [6, 6.07) is 8.44.